The monoisotopic (exact) mass is 198 g/mol. The zero-order valence-corrected chi connectivity index (χ0v) is 8.41. The van der Waals surface area contributed by atoms with Gasteiger partial charge < -0.3 is 10.2 Å². The van der Waals surface area contributed by atoms with Crippen molar-refractivity contribution in [3.63, 3.8) is 0 Å². The predicted octanol–water partition coefficient (Wildman–Crippen LogP) is 1.96. The fraction of sp³-hybridized carbons (Fsp3) is 0.727. The molecule has 1 rings (SSSR count). The average molecular weight is 198 g/mol. The normalized spacial score (nSPS) is 21.8. The molecular weight excluding hydrogens is 180 g/mol. The van der Waals surface area contributed by atoms with Gasteiger partial charge in [0.25, 0.3) is 0 Å². The minimum atomic E-state index is -0.737. The van der Waals surface area contributed by atoms with E-state index in [2.05, 4.69) is 6.08 Å². The second-order valence-electron chi connectivity index (χ2n) is 3.95. The number of hydrogen-bond acceptors (Lipinski definition) is 2. The highest BCUT2D eigenvalue weighted by molar-refractivity contribution is 5.70. The Balaban J connectivity index is 2.33. The predicted molar refractivity (Wildman–Crippen MR) is 54.0 cm³/mol. The van der Waals surface area contributed by atoms with E-state index in [0.717, 1.165) is 37.7 Å². The molecular formula is C11H18O3. The number of hydrogen-bond donors (Lipinski definition) is 2. The van der Waals surface area contributed by atoms with Crippen molar-refractivity contribution in [1.29, 1.82) is 0 Å². The van der Waals surface area contributed by atoms with Crippen molar-refractivity contribution >= 4 is 5.97 Å². The van der Waals surface area contributed by atoms with Gasteiger partial charge in [0.1, 0.15) is 0 Å². The summed E-state index contributed by atoms with van der Waals surface area (Å²) in [6.07, 6.45) is 7.16. The summed E-state index contributed by atoms with van der Waals surface area (Å²) in [5.74, 6) is -0.152. The molecule has 1 atom stereocenters. The van der Waals surface area contributed by atoms with Crippen LogP contribution in [0.15, 0.2) is 11.6 Å². The second kappa shape index (κ2) is 5.81. The number of allylic oxidation sites excluding steroid dienone is 1. The summed E-state index contributed by atoms with van der Waals surface area (Å²) in [6, 6.07) is 0. The van der Waals surface area contributed by atoms with Crippen molar-refractivity contribution in [2.75, 3.05) is 6.61 Å². The van der Waals surface area contributed by atoms with Gasteiger partial charge in [-0.05, 0) is 38.0 Å². The third-order valence-corrected chi connectivity index (χ3v) is 2.71. The number of carbonyl (C=O) groups is 1. The van der Waals surface area contributed by atoms with Crippen molar-refractivity contribution < 1.29 is 15.0 Å². The van der Waals surface area contributed by atoms with Gasteiger partial charge >= 0.3 is 5.97 Å². The van der Waals surface area contributed by atoms with Gasteiger partial charge in [-0.1, -0.05) is 11.6 Å². The molecule has 80 valence electrons. The van der Waals surface area contributed by atoms with Crippen molar-refractivity contribution in [3.8, 4) is 0 Å². The molecule has 0 spiro atoms. The highest BCUT2D eigenvalue weighted by Gasteiger charge is 2.16. The summed E-state index contributed by atoms with van der Waals surface area (Å²) in [4.78, 5) is 10.5. The molecule has 0 aromatic rings. The fourth-order valence-electron chi connectivity index (χ4n) is 2.04. The van der Waals surface area contributed by atoms with Crippen LogP contribution < -0.4 is 0 Å². The van der Waals surface area contributed by atoms with E-state index < -0.39 is 5.97 Å². The summed E-state index contributed by atoms with van der Waals surface area (Å²) in [5.41, 5.74) is 1.06. The van der Waals surface area contributed by atoms with Crippen LogP contribution in [0.25, 0.3) is 0 Å². The lowest BCUT2D eigenvalue weighted by Gasteiger charge is -2.21. The van der Waals surface area contributed by atoms with Gasteiger partial charge in [-0.2, -0.15) is 0 Å². The third kappa shape index (κ3) is 3.92. The molecule has 0 heterocycles. The maximum atomic E-state index is 10.5. The first-order valence-corrected chi connectivity index (χ1v) is 5.23. The Hall–Kier alpha value is -0.830. The van der Waals surface area contributed by atoms with Gasteiger partial charge in [0.15, 0.2) is 0 Å². The topological polar surface area (TPSA) is 57.5 Å². The molecule has 0 aliphatic heterocycles. The molecule has 0 fully saturated rings. The lowest BCUT2D eigenvalue weighted by Crippen LogP contribution is -2.10. The number of aliphatic hydroxyl groups excluding tert-OH is 1. The molecule has 1 unspecified atom stereocenters. The largest absolute Gasteiger partial charge is 0.481 e. The van der Waals surface area contributed by atoms with Crippen LogP contribution in [0.3, 0.4) is 0 Å². The van der Waals surface area contributed by atoms with Crippen molar-refractivity contribution in [1.82, 2.24) is 0 Å². The van der Waals surface area contributed by atoms with E-state index in [9.17, 15) is 4.79 Å². The van der Waals surface area contributed by atoms with E-state index in [1.807, 2.05) is 0 Å². The molecule has 2 N–H and O–H groups in total. The highest BCUT2D eigenvalue weighted by atomic mass is 16.4. The molecule has 3 heteroatoms. The molecule has 1 aliphatic carbocycles. The standard InChI is InChI=1S/C11H18O3/c12-6-2-5-9-3-1-4-10(7-9)8-11(13)14/h4,9,12H,1-3,5-8H2,(H,13,14). The summed E-state index contributed by atoms with van der Waals surface area (Å²) in [5, 5.41) is 17.3. The zero-order chi connectivity index (χ0) is 10.4. The Labute approximate surface area is 84.4 Å². The summed E-state index contributed by atoms with van der Waals surface area (Å²) in [6.45, 7) is 0.245. The molecule has 0 saturated carbocycles. The van der Waals surface area contributed by atoms with Crippen LogP contribution in [-0.2, 0) is 4.79 Å². The number of aliphatic carboxylic acids is 1. The molecule has 1 aliphatic rings. The quantitative estimate of drug-likeness (QED) is 0.664. The first kappa shape index (κ1) is 11.2. The molecule has 0 radical (unpaired) electrons. The van der Waals surface area contributed by atoms with Gasteiger partial charge in [-0.15, -0.1) is 0 Å². The lowest BCUT2D eigenvalue weighted by atomic mass is 9.85. The average Bonchev–Trinajstić information content (AvgIpc) is 2.14. The Kier molecular flexibility index (Phi) is 4.66. The van der Waals surface area contributed by atoms with Crippen molar-refractivity contribution in [2.24, 2.45) is 5.92 Å². The molecule has 0 aromatic carbocycles. The van der Waals surface area contributed by atoms with E-state index in [4.69, 9.17) is 10.2 Å². The zero-order valence-electron chi connectivity index (χ0n) is 8.41. The summed E-state index contributed by atoms with van der Waals surface area (Å²) >= 11 is 0. The molecule has 14 heavy (non-hydrogen) atoms. The van der Waals surface area contributed by atoms with Gasteiger partial charge in [0.2, 0.25) is 0 Å². The maximum absolute atomic E-state index is 10.5. The maximum Gasteiger partial charge on any atom is 0.307 e. The SMILES string of the molecule is O=C(O)CC1=CCCC(CCCO)C1. The van der Waals surface area contributed by atoms with Crippen LogP contribution in [0.5, 0.6) is 0 Å². The van der Waals surface area contributed by atoms with E-state index in [1.54, 1.807) is 0 Å². The van der Waals surface area contributed by atoms with E-state index >= 15 is 0 Å². The van der Waals surface area contributed by atoms with Gasteiger partial charge in [0.05, 0.1) is 6.42 Å². The highest BCUT2D eigenvalue weighted by Crippen LogP contribution is 2.29. The Bertz CT molecular complexity index is 221. The third-order valence-electron chi connectivity index (χ3n) is 2.71. The molecule has 0 bridgehead atoms. The van der Waals surface area contributed by atoms with Crippen LogP contribution in [-0.4, -0.2) is 22.8 Å². The second-order valence-corrected chi connectivity index (χ2v) is 3.95. The Morgan fingerprint density at radius 1 is 1.57 bits per heavy atom. The van der Waals surface area contributed by atoms with Crippen LogP contribution >= 0.6 is 0 Å². The molecule has 0 aromatic heterocycles. The number of carboxylic acids is 1. The molecule has 3 nitrogen and oxygen atoms in total. The smallest absolute Gasteiger partial charge is 0.307 e. The van der Waals surface area contributed by atoms with Gasteiger partial charge in [-0.3, -0.25) is 4.79 Å². The van der Waals surface area contributed by atoms with Crippen molar-refractivity contribution in [3.05, 3.63) is 11.6 Å². The Morgan fingerprint density at radius 2 is 2.36 bits per heavy atom. The first-order valence-electron chi connectivity index (χ1n) is 5.23. The number of rotatable bonds is 5. The van der Waals surface area contributed by atoms with E-state index in [0.29, 0.717) is 5.92 Å². The number of carboxylic acid groups (broad SMARTS) is 1. The number of aliphatic hydroxyl groups is 1. The summed E-state index contributed by atoms with van der Waals surface area (Å²) in [7, 11) is 0. The van der Waals surface area contributed by atoms with Gasteiger partial charge in [0, 0.05) is 6.61 Å². The molecule has 0 amide bonds. The van der Waals surface area contributed by atoms with E-state index in [-0.39, 0.29) is 13.0 Å². The summed E-state index contributed by atoms with van der Waals surface area (Å²) < 4.78 is 0. The van der Waals surface area contributed by atoms with Crippen LogP contribution in [0.2, 0.25) is 0 Å². The van der Waals surface area contributed by atoms with Crippen LogP contribution in [0.4, 0.5) is 0 Å². The van der Waals surface area contributed by atoms with Crippen LogP contribution in [0, 0.1) is 5.92 Å². The minimum absolute atomic E-state index is 0.190. The van der Waals surface area contributed by atoms with E-state index in [1.165, 1.54) is 0 Å². The molecule has 0 saturated heterocycles. The lowest BCUT2D eigenvalue weighted by molar-refractivity contribution is -0.136. The fourth-order valence-corrected chi connectivity index (χ4v) is 2.04. The Morgan fingerprint density at radius 3 is 3.00 bits per heavy atom. The minimum Gasteiger partial charge on any atom is -0.481 e. The van der Waals surface area contributed by atoms with Crippen molar-refractivity contribution in [2.45, 2.75) is 38.5 Å². The van der Waals surface area contributed by atoms with Crippen LogP contribution in [0.1, 0.15) is 38.5 Å². The first-order chi connectivity index (χ1) is 6.72. The van der Waals surface area contributed by atoms with Gasteiger partial charge in [-0.25, -0.2) is 0 Å².